The SMILES string of the molecule is NCC1CCCC1NC(=O)CNS(=O)(=O)c1cccc(C(F)(F)F)c1. The predicted octanol–water partition coefficient (Wildman–Crippen LogP) is 1.23. The minimum atomic E-state index is -4.65. The number of rotatable bonds is 6. The minimum absolute atomic E-state index is 0.101. The molecule has 25 heavy (non-hydrogen) atoms. The summed E-state index contributed by atoms with van der Waals surface area (Å²) in [5.41, 5.74) is 4.54. The molecule has 0 bridgehead atoms. The Morgan fingerprint density at radius 1 is 1.28 bits per heavy atom. The monoisotopic (exact) mass is 379 g/mol. The third-order valence-electron chi connectivity index (χ3n) is 4.20. The molecule has 0 radical (unpaired) electrons. The maximum absolute atomic E-state index is 12.7. The number of nitrogens with one attached hydrogen (secondary N) is 2. The van der Waals surface area contributed by atoms with Crippen LogP contribution in [0.25, 0.3) is 0 Å². The third-order valence-corrected chi connectivity index (χ3v) is 5.60. The second-order valence-electron chi connectivity index (χ2n) is 5.95. The van der Waals surface area contributed by atoms with Crippen LogP contribution in [0, 0.1) is 5.92 Å². The van der Waals surface area contributed by atoms with E-state index < -0.39 is 39.1 Å². The Morgan fingerprint density at radius 3 is 2.64 bits per heavy atom. The maximum Gasteiger partial charge on any atom is 0.416 e. The first kappa shape index (κ1) is 19.7. The van der Waals surface area contributed by atoms with Gasteiger partial charge >= 0.3 is 6.18 Å². The van der Waals surface area contributed by atoms with Gasteiger partial charge in [-0.25, -0.2) is 13.1 Å². The van der Waals surface area contributed by atoms with Gasteiger partial charge in [0.1, 0.15) is 0 Å². The van der Waals surface area contributed by atoms with Crippen LogP contribution in [-0.2, 0) is 21.0 Å². The van der Waals surface area contributed by atoms with Gasteiger partial charge in [0.05, 0.1) is 17.0 Å². The number of benzene rings is 1. The Morgan fingerprint density at radius 2 is 2.00 bits per heavy atom. The van der Waals surface area contributed by atoms with Crippen molar-refractivity contribution in [1.29, 1.82) is 0 Å². The molecule has 1 fully saturated rings. The number of nitrogens with two attached hydrogens (primary N) is 1. The fourth-order valence-corrected chi connectivity index (χ4v) is 3.88. The normalized spacial score (nSPS) is 21.3. The van der Waals surface area contributed by atoms with E-state index in [1.165, 1.54) is 0 Å². The Labute approximate surface area is 144 Å². The zero-order valence-corrected chi connectivity index (χ0v) is 14.2. The van der Waals surface area contributed by atoms with Crippen molar-refractivity contribution in [2.24, 2.45) is 11.7 Å². The largest absolute Gasteiger partial charge is 0.416 e. The van der Waals surface area contributed by atoms with Crippen LogP contribution in [0.2, 0.25) is 0 Å². The highest BCUT2D eigenvalue weighted by atomic mass is 32.2. The molecule has 2 atom stereocenters. The van der Waals surface area contributed by atoms with Gasteiger partial charge in [-0.2, -0.15) is 13.2 Å². The second-order valence-corrected chi connectivity index (χ2v) is 7.72. The molecule has 2 rings (SSSR count). The van der Waals surface area contributed by atoms with Crippen LogP contribution in [0.15, 0.2) is 29.2 Å². The average molecular weight is 379 g/mol. The van der Waals surface area contributed by atoms with Gasteiger partial charge < -0.3 is 11.1 Å². The van der Waals surface area contributed by atoms with Crippen molar-refractivity contribution >= 4 is 15.9 Å². The standard InChI is InChI=1S/C15H20F3N3O3S/c16-15(17,18)11-4-2-5-12(7-11)25(23,24)20-9-14(22)21-13-6-1-3-10(13)8-19/h2,4-5,7,10,13,20H,1,3,6,8-9,19H2,(H,21,22). The Hall–Kier alpha value is -1.65. The molecule has 0 aromatic heterocycles. The maximum atomic E-state index is 12.7. The summed E-state index contributed by atoms with van der Waals surface area (Å²) in [6.45, 7) is -0.118. The van der Waals surface area contributed by atoms with E-state index in [-0.39, 0.29) is 12.0 Å². The first-order chi connectivity index (χ1) is 11.6. The van der Waals surface area contributed by atoms with E-state index in [2.05, 4.69) is 5.32 Å². The molecule has 1 saturated carbocycles. The molecular weight excluding hydrogens is 359 g/mol. The molecule has 1 aliphatic carbocycles. The number of amides is 1. The second kappa shape index (κ2) is 7.71. The highest BCUT2D eigenvalue weighted by Crippen LogP contribution is 2.30. The van der Waals surface area contributed by atoms with Gasteiger partial charge in [0.2, 0.25) is 15.9 Å². The number of alkyl halides is 3. The molecule has 1 amide bonds. The predicted molar refractivity (Wildman–Crippen MR) is 85.0 cm³/mol. The van der Waals surface area contributed by atoms with Gasteiger partial charge in [-0.3, -0.25) is 4.79 Å². The summed E-state index contributed by atoms with van der Waals surface area (Å²) >= 11 is 0. The van der Waals surface area contributed by atoms with E-state index in [1.54, 1.807) is 0 Å². The van der Waals surface area contributed by atoms with E-state index in [4.69, 9.17) is 5.73 Å². The fraction of sp³-hybridized carbons (Fsp3) is 0.533. The van der Waals surface area contributed by atoms with E-state index >= 15 is 0 Å². The minimum Gasteiger partial charge on any atom is -0.352 e. The van der Waals surface area contributed by atoms with Gasteiger partial charge in [0.15, 0.2) is 0 Å². The lowest BCUT2D eigenvalue weighted by Crippen LogP contribution is -2.44. The molecule has 2 unspecified atom stereocenters. The fourth-order valence-electron chi connectivity index (χ4n) is 2.85. The molecule has 1 aromatic carbocycles. The van der Waals surface area contributed by atoms with Gasteiger partial charge in [-0.1, -0.05) is 12.5 Å². The van der Waals surface area contributed by atoms with Crippen LogP contribution in [0.3, 0.4) is 0 Å². The third kappa shape index (κ3) is 5.16. The van der Waals surface area contributed by atoms with Gasteiger partial charge in [-0.15, -0.1) is 0 Å². The van der Waals surface area contributed by atoms with E-state index in [9.17, 15) is 26.4 Å². The first-order valence-corrected chi connectivity index (χ1v) is 9.28. The number of hydrogen-bond acceptors (Lipinski definition) is 4. The zero-order chi connectivity index (χ0) is 18.7. The lowest BCUT2D eigenvalue weighted by atomic mass is 10.0. The van der Waals surface area contributed by atoms with Gasteiger partial charge in [0.25, 0.3) is 0 Å². The first-order valence-electron chi connectivity index (χ1n) is 7.80. The van der Waals surface area contributed by atoms with E-state index in [1.807, 2.05) is 4.72 Å². The Bertz CT molecular complexity index is 722. The topological polar surface area (TPSA) is 101 Å². The molecule has 10 heteroatoms. The quantitative estimate of drug-likeness (QED) is 0.692. The molecule has 4 N–H and O–H groups in total. The molecule has 1 aromatic rings. The lowest BCUT2D eigenvalue weighted by Gasteiger charge is -2.19. The van der Waals surface area contributed by atoms with Crippen LogP contribution in [0.5, 0.6) is 0 Å². The molecule has 0 heterocycles. The summed E-state index contributed by atoms with van der Waals surface area (Å²) in [6, 6.07) is 3.25. The Balaban J connectivity index is 1.98. The van der Waals surface area contributed by atoms with Crippen molar-refractivity contribution < 1.29 is 26.4 Å². The number of sulfonamides is 1. The molecular formula is C15H20F3N3O3S. The van der Waals surface area contributed by atoms with Crippen LogP contribution < -0.4 is 15.8 Å². The summed E-state index contributed by atoms with van der Waals surface area (Å²) in [7, 11) is -4.23. The van der Waals surface area contributed by atoms with E-state index in [0.29, 0.717) is 12.6 Å². The Kier molecular flexibility index (Phi) is 6.07. The summed E-state index contributed by atoms with van der Waals surface area (Å²) < 4.78 is 64.2. The molecule has 1 aliphatic rings. The highest BCUT2D eigenvalue weighted by molar-refractivity contribution is 7.89. The average Bonchev–Trinajstić information content (AvgIpc) is 2.99. The van der Waals surface area contributed by atoms with Gasteiger partial charge in [-0.05, 0) is 43.5 Å². The van der Waals surface area contributed by atoms with Crippen LogP contribution in [0.1, 0.15) is 24.8 Å². The van der Waals surface area contributed by atoms with Crippen molar-refractivity contribution in [2.75, 3.05) is 13.1 Å². The summed E-state index contributed by atoms with van der Waals surface area (Å²) in [4.78, 5) is 11.4. The number of carbonyl (C=O) groups excluding carboxylic acids is 1. The highest BCUT2D eigenvalue weighted by Gasteiger charge is 2.32. The van der Waals surface area contributed by atoms with Crippen molar-refractivity contribution in [2.45, 2.75) is 36.4 Å². The number of halogens is 3. The molecule has 0 aliphatic heterocycles. The molecule has 0 saturated heterocycles. The van der Waals surface area contributed by atoms with Crippen LogP contribution >= 0.6 is 0 Å². The zero-order valence-electron chi connectivity index (χ0n) is 13.3. The number of hydrogen-bond donors (Lipinski definition) is 3. The van der Waals surface area contributed by atoms with Gasteiger partial charge in [0, 0.05) is 6.04 Å². The molecule has 140 valence electrons. The van der Waals surface area contributed by atoms with Crippen molar-refractivity contribution in [3.8, 4) is 0 Å². The van der Waals surface area contributed by atoms with Crippen LogP contribution in [0.4, 0.5) is 13.2 Å². The van der Waals surface area contributed by atoms with E-state index in [0.717, 1.165) is 37.5 Å². The molecule has 6 nitrogen and oxygen atoms in total. The number of carbonyl (C=O) groups is 1. The lowest BCUT2D eigenvalue weighted by molar-refractivity contribution is -0.137. The van der Waals surface area contributed by atoms with Crippen molar-refractivity contribution in [3.05, 3.63) is 29.8 Å². The van der Waals surface area contributed by atoms with Crippen LogP contribution in [-0.4, -0.2) is 33.5 Å². The van der Waals surface area contributed by atoms with Crippen molar-refractivity contribution in [1.82, 2.24) is 10.0 Å². The summed E-state index contributed by atoms with van der Waals surface area (Å²) in [6.07, 6.45) is -2.04. The van der Waals surface area contributed by atoms with Crippen molar-refractivity contribution in [3.63, 3.8) is 0 Å². The summed E-state index contributed by atoms with van der Waals surface area (Å²) in [5, 5.41) is 2.71. The summed E-state index contributed by atoms with van der Waals surface area (Å²) in [5.74, 6) is -0.384. The molecule has 0 spiro atoms. The smallest absolute Gasteiger partial charge is 0.352 e.